The number of amides is 1. The molecule has 0 spiro atoms. The summed E-state index contributed by atoms with van der Waals surface area (Å²) in [5.41, 5.74) is 0.488. The number of benzene rings is 1. The zero-order valence-corrected chi connectivity index (χ0v) is 15.2. The van der Waals surface area contributed by atoms with Crippen molar-refractivity contribution < 1.29 is 14.7 Å². The molecule has 2 atom stereocenters. The van der Waals surface area contributed by atoms with Crippen molar-refractivity contribution in [2.24, 2.45) is 11.8 Å². The van der Waals surface area contributed by atoms with Crippen LogP contribution in [0.25, 0.3) is 0 Å². The predicted octanol–water partition coefficient (Wildman–Crippen LogP) is 3.44. The molecular formula is C14H15Cl2NNaO3. The Bertz CT molecular complexity index is 519. The second kappa shape index (κ2) is 8.39. The van der Waals surface area contributed by atoms with Crippen LogP contribution in [-0.4, -0.2) is 46.5 Å². The summed E-state index contributed by atoms with van der Waals surface area (Å²) in [6.07, 6.45) is 2.86. The molecule has 0 heterocycles. The van der Waals surface area contributed by atoms with E-state index in [2.05, 4.69) is 5.32 Å². The number of halogens is 2. The molecule has 0 unspecified atom stereocenters. The van der Waals surface area contributed by atoms with E-state index in [9.17, 15) is 14.7 Å². The van der Waals surface area contributed by atoms with Crippen molar-refractivity contribution in [2.45, 2.75) is 25.7 Å². The largest absolute Gasteiger partial charge is 0.481 e. The van der Waals surface area contributed by atoms with Crippen molar-refractivity contribution in [2.75, 3.05) is 5.32 Å². The standard InChI is InChI=1S/C14H15Cl2NO3.Na/c15-8-5-9(16)7-10(6-8)17-13(18)11-3-1-2-4-12(11)14(19)20;/h5-7,11-12H,1-4H2,(H,17,18)(H,19,20);/t11-,12+;/m1./s1. The number of nitrogens with one attached hydrogen (secondary N) is 1. The molecule has 0 aromatic heterocycles. The van der Waals surface area contributed by atoms with Gasteiger partial charge in [0.2, 0.25) is 5.91 Å². The molecule has 1 amide bonds. The normalized spacial score (nSPS) is 21.2. The van der Waals surface area contributed by atoms with Gasteiger partial charge in [-0.1, -0.05) is 36.0 Å². The maximum Gasteiger partial charge on any atom is 0.307 e. The van der Waals surface area contributed by atoms with Gasteiger partial charge < -0.3 is 10.4 Å². The van der Waals surface area contributed by atoms with E-state index in [0.717, 1.165) is 12.8 Å². The molecule has 4 nitrogen and oxygen atoms in total. The summed E-state index contributed by atoms with van der Waals surface area (Å²) >= 11 is 11.7. The van der Waals surface area contributed by atoms with Crippen LogP contribution in [0.3, 0.4) is 0 Å². The Morgan fingerprint density at radius 2 is 1.57 bits per heavy atom. The monoisotopic (exact) mass is 338 g/mol. The topological polar surface area (TPSA) is 66.4 Å². The third kappa shape index (κ3) is 5.15. The van der Waals surface area contributed by atoms with Crippen molar-refractivity contribution in [3.63, 3.8) is 0 Å². The van der Waals surface area contributed by atoms with Gasteiger partial charge in [-0.2, -0.15) is 0 Å². The first kappa shape index (κ1) is 18.8. The van der Waals surface area contributed by atoms with E-state index >= 15 is 0 Å². The molecule has 2 N–H and O–H groups in total. The first-order valence-corrected chi connectivity index (χ1v) is 7.22. The van der Waals surface area contributed by atoms with Crippen molar-refractivity contribution in [3.8, 4) is 0 Å². The fourth-order valence-electron chi connectivity index (χ4n) is 2.60. The van der Waals surface area contributed by atoms with E-state index < -0.39 is 17.8 Å². The third-order valence-corrected chi connectivity index (χ3v) is 3.99. The molecule has 1 aromatic rings. The molecule has 0 bridgehead atoms. The number of hydrogen-bond acceptors (Lipinski definition) is 2. The summed E-state index contributed by atoms with van der Waals surface area (Å²) < 4.78 is 0. The molecule has 21 heavy (non-hydrogen) atoms. The summed E-state index contributed by atoms with van der Waals surface area (Å²) in [5.74, 6) is -2.30. The number of hydrogen-bond donors (Lipinski definition) is 2. The van der Waals surface area contributed by atoms with E-state index in [-0.39, 0.29) is 35.5 Å². The maximum atomic E-state index is 12.2. The fraction of sp³-hybridized carbons (Fsp3) is 0.429. The minimum absolute atomic E-state index is 0. The Kier molecular flexibility index (Phi) is 7.51. The molecule has 1 radical (unpaired) electrons. The van der Waals surface area contributed by atoms with Crippen LogP contribution in [0.5, 0.6) is 0 Å². The number of aliphatic carboxylic acids is 1. The van der Waals surface area contributed by atoms with Crippen molar-refractivity contribution in [3.05, 3.63) is 28.2 Å². The van der Waals surface area contributed by atoms with Crippen LogP contribution in [0.15, 0.2) is 18.2 Å². The van der Waals surface area contributed by atoms with E-state index in [0.29, 0.717) is 28.6 Å². The van der Waals surface area contributed by atoms with Gasteiger partial charge >= 0.3 is 5.97 Å². The minimum Gasteiger partial charge on any atom is -0.481 e. The van der Waals surface area contributed by atoms with Crippen LogP contribution < -0.4 is 5.32 Å². The summed E-state index contributed by atoms with van der Waals surface area (Å²) in [5, 5.41) is 12.7. The SMILES string of the molecule is O=C(O)[C@H]1CCCC[C@H]1C(=O)Nc1cc(Cl)cc(Cl)c1.[Na]. The van der Waals surface area contributed by atoms with Gasteiger partial charge in [-0.3, -0.25) is 9.59 Å². The van der Waals surface area contributed by atoms with Gasteiger partial charge in [0.05, 0.1) is 11.8 Å². The zero-order chi connectivity index (χ0) is 14.7. The number of carbonyl (C=O) groups is 2. The summed E-state index contributed by atoms with van der Waals surface area (Å²) in [4.78, 5) is 23.5. The molecule has 1 aromatic carbocycles. The van der Waals surface area contributed by atoms with E-state index in [1.54, 1.807) is 18.2 Å². The van der Waals surface area contributed by atoms with Crippen LogP contribution in [0.1, 0.15) is 25.7 Å². The van der Waals surface area contributed by atoms with Crippen LogP contribution in [-0.2, 0) is 9.59 Å². The summed E-state index contributed by atoms with van der Waals surface area (Å²) in [7, 11) is 0. The Hall–Kier alpha value is -0.260. The third-order valence-electron chi connectivity index (χ3n) is 3.55. The van der Waals surface area contributed by atoms with Gasteiger partial charge in [0.15, 0.2) is 0 Å². The average molecular weight is 339 g/mol. The number of carbonyl (C=O) groups excluding carboxylic acids is 1. The zero-order valence-electron chi connectivity index (χ0n) is 11.7. The molecule has 0 aliphatic heterocycles. The first-order valence-electron chi connectivity index (χ1n) is 6.47. The van der Waals surface area contributed by atoms with Gasteiger partial charge in [-0.25, -0.2) is 0 Å². The van der Waals surface area contributed by atoms with Crippen LogP contribution in [0.4, 0.5) is 5.69 Å². The Morgan fingerprint density at radius 1 is 1.05 bits per heavy atom. The Balaban J connectivity index is 0.00000220. The number of carboxylic acids is 1. The Labute approximate surface area is 155 Å². The van der Waals surface area contributed by atoms with Gasteiger partial charge in [0, 0.05) is 45.3 Å². The molecule has 0 saturated heterocycles. The summed E-state index contributed by atoms with van der Waals surface area (Å²) in [6.45, 7) is 0. The van der Waals surface area contributed by atoms with Crippen molar-refractivity contribution >= 4 is 70.3 Å². The molecule has 1 aliphatic carbocycles. The quantitative estimate of drug-likeness (QED) is 0.829. The molecule has 1 saturated carbocycles. The number of anilines is 1. The smallest absolute Gasteiger partial charge is 0.307 e. The van der Waals surface area contributed by atoms with E-state index in [1.807, 2.05) is 0 Å². The van der Waals surface area contributed by atoms with Crippen LogP contribution in [0.2, 0.25) is 10.0 Å². The average Bonchev–Trinajstić information content (AvgIpc) is 2.37. The number of rotatable bonds is 3. The molecule has 1 aliphatic rings. The second-order valence-electron chi connectivity index (χ2n) is 4.98. The van der Waals surface area contributed by atoms with Crippen LogP contribution >= 0.6 is 23.2 Å². The second-order valence-corrected chi connectivity index (χ2v) is 5.86. The van der Waals surface area contributed by atoms with E-state index in [1.165, 1.54) is 0 Å². The summed E-state index contributed by atoms with van der Waals surface area (Å²) in [6, 6.07) is 4.74. The van der Waals surface area contributed by atoms with E-state index in [4.69, 9.17) is 23.2 Å². The van der Waals surface area contributed by atoms with Gasteiger partial charge in [-0.15, -0.1) is 0 Å². The maximum absolute atomic E-state index is 12.2. The van der Waals surface area contributed by atoms with Crippen LogP contribution in [0, 0.1) is 11.8 Å². The Morgan fingerprint density at radius 3 is 2.10 bits per heavy atom. The molecule has 2 rings (SSSR count). The first-order chi connectivity index (χ1) is 9.47. The molecule has 1 fully saturated rings. The number of carboxylic acid groups (broad SMARTS) is 1. The van der Waals surface area contributed by atoms with Gasteiger partial charge in [-0.05, 0) is 31.0 Å². The van der Waals surface area contributed by atoms with Crippen molar-refractivity contribution in [1.29, 1.82) is 0 Å². The van der Waals surface area contributed by atoms with Gasteiger partial charge in [0.1, 0.15) is 0 Å². The predicted molar refractivity (Wildman–Crippen MR) is 83.9 cm³/mol. The van der Waals surface area contributed by atoms with Crippen molar-refractivity contribution in [1.82, 2.24) is 0 Å². The van der Waals surface area contributed by atoms with Gasteiger partial charge in [0.25, 0.3) is 0 Å². The molecule has 7 heteroatoms. The molecular weight excluding hydrogens is 324 g/mol. The minimum atomic E-state index is -0.908. The fourth-order valence-corrected chi connectivity index (χ4v) is 3.13. The molecule has 109 valence electrons.